The minimum absolute atomic E-state index is 0.173. The van der Waals surface area contributed by atoms with Gasteiger partial charge in [-0.2, -0.15) is 0 Å². The number of aromatic nitrogens is 1. The smallest absolute Gasteiger partial charge is 0.224 e. The zero-order valence-corrected chi connectivity index (χ0v) is 10.8. The summed E-state index contributed by atoms with van der Waals surface area (Å²) in [6.45, 7) is 0. The van der Waals surface area contributed by atoms with Crippen LogP contribution in [-0.4, -0.2) is 10.9 Å². The number of halogens is 2. The van der Waals surface area contributed by atoms with E-state index in [-0.39, 0.29) is 12.3 Å². The maximum atomic E-state index is 11.7. The number of carbonyl (C=O) groups excluding carboxylic acids is 1. The van der Waals surface area contributed by atoms with Gasteiger partial charge in [0.25, 0.3) is 0 Å². The molecule has 6 heteroatoms. The normalized spacial score (nSPS) is 10.3. The molecule has 1 N–H and O–H groups in total. The van der Waals surface area contributed by atoms with Crippen molar-refractivity contribution in [2.24, 2.45) is 0 Å². The predicted molar refractivity (Wildman–Crippen MR) is 69.9 cm³/mol. The number of para-hydroxylation sites is 1. The summed E-state index contributed by atoms with van der Waals surface area (Å²) in [7, 11) is 0. The lowest BCUT2D eigenvalue weighted by Crippen LogP contribution is -2.13. The summed E-state index contributed by atoms with van der Waals surface area (Å²) in [5, 5.41) is 3.51. The summed E-state index contributed by atoms with van der Waals surface area (Å²) >= 11 is 11.9. The van der Waals surface area contributed by atoms with E-state index in [0.717, 1.165) is 5.69 Å². The van der Waals surface area contributed by atoms with Crippen LogP contribution in [0.5, 0.6) is 0 Å². The van der Waals surface area contributed by atoms with Crippen molar-refractivity contribution in [3.05, 3.63) is 46.6 Å². The van der Waals surface area contributed by atoms with Crippen LogP contribution in [0.4, 0.5) is 5.69 Å². The zero-order chi connectivity index (χ0) is 13.0. The van der Waals surface area contributed by atoms with Gasteiger partial charge in [0.05, 0.1) is 21.4 Å². The molecule has 0 bridgehead atoms. The first-order valence-corrected chi connectivity index (χ1v) is 6.03. The molecule has 1 aromatic heterocycles. The molecular formula is C12H10Cl2N2O2. The first-order chi connectivity index (χ1) is 8.66. The number of oxazole rings is 1. The van der Waals surface area contributed by atoms with Crippen LogP contribution < -0.4 is 5.32 Å². The van der Waals surface area contributed by atoms with Crippen LogP contribution in [0.1, 0.15) is 12.1 Å². The Labute approximate surface area is 114 Å². The van der Waals surface area contributed by atoms with Crippen LogP contribution in [-0.2, 0) is 11.2 Å². The molecule has 0 atom stereocenters. The Morgan fingerprint density at radius 1 is 1.33 bits per heavy atom. The molecule has 0 saturated carbocycles. The minimum Gasteiger partial charge on any atom is -0.451 e. The lowest BCUT2D eigenvalue weighted by molar-refractivity contribution is -0.116. The predicted octanol–water partition coefficient (Wildman–Crippen LogP) is 3.55. The Kier molecular flexibility index (Phi) is 4.23. The molecule has 0 saturated heterocycles. The van der Waals surface area contributed by atoms with Crippen molar-refractivity contribution >= 4 is 34.8 Å². The number of benzene rings is 1. The molecule has 1 amide bonds. The highest BCUT2D eigenvalue weighted by atomic mass is 35.5. The van der Waals surface area contributed by atoms with Crippen LogP contribution in [0.3, 0.4) is 0 Å². The van der Waals surface area contributed by atoms with Crippen LogP contribution in [0.2, 0.25) is 10.0 Å². The van der Waals surface area contributed by atoms with Gasteiger partial charge in [0, 0.05) is 12.8 Å². The fourth-order valence-corrected chi connectivity index (χ4v) is 1.91. The van der Waals surface area contributed by atoms with Crippen molar-refractivity contribution in [3.63, 3.8) is 0 Å². The van der Waals surface area contributed by atoms with Crippen LogP contribution >= 0.6 is 23.2 Å². The molecule has 0 radical (unpaired) electrons. The number of nitrogens with one attached hydrogen (secondary N) is 1. The maximum absolute atomic E-state index is 11.7. The molecule has 0 aliphatic rings. The van der Waals surface area contributed by atoms with Gasteiger partial charge in [0.2, 0.25) is 5.91 Å². The van der Waals surface area contributed by atoms with E-state index < -0.39 is 0 Å². The number of nitrogens with zero attached hydrogens (tertiary/aromatic N) is 1. The topological polar surface area (TPSA) is 55.1 Å². The quantitative estimate of drug-likeness (QED) is 0.934. The van der Waals surface area contributed by atoms with E-state index in [0.29, 0.717) is 22.2 Å². The molecular weight excluding hydrogens is 275 g/mol. The van der Waals surface area contributed by atoms with E-state index in [1.807, 2.05) is 0 Å². The van der Waals surface area contributed by atoms with Gasteiger partial charge in [-0.25, -0.2) is 4.98 Å². The zero-order valence-electron chi connectivity index (χ0n) is 9.32. The van der Waals surface area contributed by atoms with Crippen molar-refractivity contribution in [2.75, 3.05) is 5.32 Å². The monoisotopic (exact) mass is 284 g/mol. The summed E-state index contributed by atoms with van der Waals surface area (Å²) in [5.74, 6) is -0.173. The summed E-state index contributed by atoms with van der Waals surface area (Å²) in [6.07, 6.45) is 3.63. The van der Waals surface area contributed by atoms with Gasteiger partial charge in [0.15, 0.2) is 6.39 Å². The molecule has 0 aliphatic heterocycles. The lowest BCUT2D eigenvalue weighted by atomic mass is 10.2. The first kappa shape index (κ1) is 12.9. The summed E-state index contributed by atoms with van der Waals surface area (Å²) in [4.78, 5) is 15.7. The summed E-state index contributed by atoms with van der Waals surface area (Å²) < 4.78 is 4.82. The molecule has 0 aliphatic carbocycles. The number of hydrogen-bond donors (Lipinski definition) is 1. The fraction of sp³-hybridized carbons (Fsp3) is 0.167. The standard InChI is InChI=1S/C12H10Cl2N2O2/c13-9-2-1-3-10(14)12(9)16-11(17)5-4-8-6-18-7-15-8/h1-3,6-7H,4-5H2,(H,16,17). The average molecular weight is 285 g/mol. The van der Waals surface area contributed by atoms with E-state index in [4.69, 9.17) is 27.6 Å². The van der Waals surface area contributed by atoms with Crippen LogP contribution in [0, 0.1) is 0 Å². The second-order valence-electron chi connectivity index (χ2n) is 3.62. The number of rotatable bonds is 4. The number of hydrogen-bond acceptors (Lipinski definition) is 3. The van der Waals surface area contributed by atoms with Gasteiger partial charge < -0.3 is 9.73 Å². The van der Waals surface area contributed by atoms with Gasteiger partial charge in [-0.1, -0.05) is 29.3 Å². The molecule has 1 aromatic carbocycles. The van der Waals surface area contributed by atoms with E-state index >= 15 is 0 Å². The molecule has 0 fully saturated rings. The Hall–Kier alpha value is -1.52. The Morgan fingerprint density at radius 3 is 2.67 bits per heavy atom. The molecule has 1 heterocycles. The van der Waals surface area contributed by atoms with Gasteiger partial charge in [-0.3, -0.25) is 4.79 Å². The average Bonchev–Trinajstić information content (AvgIpc) is 2.84. The fourth-order valence-electron chi connectivity index (χ4n) is 1.42. The van der Waals surface area contributed by atoms with Gasteiger partial charge in [-0.15, -0.1) is 0 Å². The third kappa shape index (κ3) is 3.24. The Balaban J connectivity index is 1.95. The van der Waals surface area contributed by atoms with Gasteiger partial charge in [-0.05, 0) is 12.1 Å². The maximum Gasteiger partial charge on any atom is 0.224 e. The van der Waals surface area contributed by atoms with E-state index in [2.05, 4.69) is 10.3 Å². The molecule has 2 aromatic rings. The highest BCUT2D eigenvalue weighted by Crippen LogP contribution is 2.29. The second kappa shape index (κ2) is 5.89. The van der Waals surface area contributed by atoms with Crippen LogP contribution in [0.25, 0.3) is 0 Å². The van der Waals surface area contributed by atoms with Crippen molar-refractivity contribution in [1.29, 1.82) is 0 Å². The van der Waals surface area contributed by atoms with Crippen molar-refractivity contribution < 1.29 is 9.21 Å². The molecule has 94 valence electrons. The van der Waals surface area contributed by atoms with Crippen molar-refractivity contribution in [2.45, 2.75) is 12.8 Å². The largest absolute Gasteiger partial charge is 0.451 e. The minimum atomic E-state index is -0.173. The van der Waals surface area contributed by atoms with Gasteiger partial charge >= 0.3 is 0 Å². The molecule has 18 heavy (non-hydrogen) atoms. The van der Waals surface area contributed by atoms with E-state index in [1.165, 1.54) is 12.7 Å². The number of amides is 1. The molecule has 2 rings (SSSR count). The second-order valence-corrected chi connectivity index (χ2v) is 4.44. The summed E-state index contributed by atoms with van der Waals surface area (Å²) in [5.41, 5.74) is 1.17. The van der Waals surface area contributed by atoms with Gasteiger partial charge in [0.1, 0.15) is 6.26 Å². The van der Waals surface area contributed by atoms with Crippen molar-refractivity contribution in [1.82, 2.24) is 4.98 Å². The van der Waals surface area contributed by atoms with E-state index in [1.54, 1.807) is 18.2 Å². The highest BCUT2D eigenvalue weighted by molar-refractivity contribution is 6.39. The number of anilines is 1. The Morgan fingerprint density at radius 2 is 2.06 bits per heavy atom. The third-order valence-electron chi connectivity index (χ3n) is 2.32. The van der Waals surface area contributed by atoms with Crippen LogP contribution in [0.15, 0.2) is 35.3 Å². The molecule has 0 spiro atoms. The summed E-state index contributed by atoms with van der Waals surface area (Å²) in [6, 6.07) is 5.05. The third-order valence-corrected chi connectivity index (χ3v) is 2.95. The highest BCUT2D eigenvalue weighted by Gasteiger charge is 2.10. The number of aryl methyl sites for hydroxylation is 1. The first-order valence-electron chi connectivity index (χ1n) is 5.28. The molecule has 4 nitrogen and oxygen atoms in total. The number of carbonyl (C=O) groups is 1. The Bertz CT molecular complexity index is 521. The van der Waals surface area contributed by atoms with Crippen molar-refractivity contribution in [3.8, 4) is 0 Å². The molecule has 0 unspecified atom stereocenters. The van der Waals surface area contributed by atoms with E-state index in [9.17, 15) is 4.79 Å². The lowest BCUT2D eigenvalue weighted by Gasteiger charge is -2.08. The SMILES string of the molecule is O=C(CCc1cocn1)Nc1c(Cl)cccc1Cl.